The van der Waals surface area contributed by atoms with Crippen LogP contribution in [0.1, 0.15) is 12.5 Å². The Morgan fingerprint density at radius 1 is 1.85 bits per heavy atom. The molecule has 0 aromatic carbocycles. The molecule has 0 aliphatic rings. The van der Waals surface area contributed by atoms with Gasteiger partial charge in [-0.1, -0.05) is 6.92 Å². The van der Waals surface area contributed by atoms with E-state index in [1.807, 2.05) is 6.92 Å². The van der Waals surface area contributed by atoms with Crippen molar-refractivity contribution in [1.29, 1.82) is 0 Å². The van der Waals surface area contributed by atoms with Crippen molar-refractivity contribution in [2.24, 2.45) is 5.92 Å². The van der Waals surface area contributed by atoms with Crippen molar-refractivity contribution in [2.45, 2.75) is 20.4 Å². The summed E-state index contributed by atoms with van der Waals surface area (Å²) >= 11 is 3.34. The molecule has 0 fully saturated rings. The van der Waals surface area contributed by atoms with E-state index in [0.29, 0.717) is 6.54 Å². The van der Waals surface area contributed by atoms with E-state index >= 15 is 0 Å². The van der Waals surface area contributed by atoms with Gasteiger partial charge in [0.25, 0.3) is 0 Å². The highest BCUT2D eigenvalue weighted by atomic mass is 79.9. The van der Waals surface area contributed by atoms with Crippen LogP contribution < -0.4 is 0 Å². The minimum absolute atomic E-state index is 0.393. The first-order valence-corrected chi connectivity index (χ1v) is 4.72. The quantitative estimate of drug-likeness (QED) is 0.883. The number of carboxylic acid groups (broad SMARTS) is 1. The second-order valence-electron chi connectivity index (χ2n) is 3.04. The molecule has 1 atom stereocenters. The highest BCUT2D eigenvalue weighted by Gasteiger charge is 2.14. The van der Waals surface area contributed by atoms with Gasteiger partial charge in [-0.05, 0) is 22.9 Å². The van der Waals surface area contributed by atoms with Crippen LogP contribution in [0.4, 0.5) is 0 Å². The smallest absolute Gasteiger partial charge is 0.308 e. The normalized spacial score (nSPS) is 12.8. The molecule has 1 unspecified atom stereocenters. The Kier molecular flexibility index (Phi) is 3.08. The number of nitrogens with zero attached hydrogens (tertiary/aromatic N) is 2. The van der Waals surface area contributed by atoms with Gasteiger partial charge in [-0.2, -0.15) is 5.10 Å². The predicted molar refractivity (Wildman–Crippen MR) is 51.5 cm³/mol. The molecule has 13 heavy (non-hydrogen) atoms. The Bertz CT molecular complexity index is 322. The van der Waals surface area contributed by atoms with E-state index in [-0.39, 0.29) is 0 Å². The standard InChI is InChI=1S/C8H11BrN2O2/c1-5-3-10-11(7(5)9)4-6(2)8(12)13/h3,6H,4H2,1-2H3,(H,12,13). The maximum Gasteiger partial charge on any atom is 0.308 e. The molecule has 0 spiro atoms. The molecule has 1 aromatic heterocycles. The maximum atomic E-state index is 10.6. The Balaban J connectivity index is 2.74. The van der Waals surface area contributed by atoms with Crippen molar-refractivity contribution in [3.63, 3.8) is 0 Å². The van der Waals surface area contributed by atoms with Gasteiger partial charge in [0.1, 0.15) is 4.60 Å². The van der Waals surface area contributed by atoms with E-state index in [2.05, 4.69) is 21.0 Å². The summed E-state index contributed by atoms with van der Waals surface area (Å²) in [6.07, 6.45) is 1.71. The van der Waals surface area contributed by atoms with Crippen LogP contribution in [0.5, 0.6) is 0 Å². The first-order valence-electron chi connectivity index (χ1n) is 3.93. The van der Waals surface area contributed by atoms with Gasteiger partial charge < -0.3 is 5.11 Å². The van der Waals surface area contributed by atoms with Gasteiger partial charge in [-0.15, -0.1) is 0 Å². The third-order valence-corrected chi connectivity index (χ3v) is 2.85. The van der Waals surface area contributed by atoms with Gasteiger partial charge in [0.05, 0.1) is 18.7 Å². The molecule has 0 amide bonds. The lowest BCUT2D eigenvalue weighted by molar-refractivity contribution is -0.141. The lowest BCUT2D eigenvalue weighted by Crippen LogP contribution is -2.17. The molecule has 0 radical (unpaired) electrons. The summed E-state index contributed by atoms with van der Waals surface area (Å²) in [5.74, 6) is -1.23. The second-order valence-corrected chi connectivity index (χ2v) is 3.79. The summed E-state index contributed by atoms with van der Waals surface area (Å²) in [5, 5.41) is 12.7. The van der Waals surface area contributed by atoms with Crippen LogP contribution in [0, 0.1) is 12.8 Å². The van der Waals surface area contributed by atoms with E-state index in [1.54, 1.807) is 17.8 Å². The summed E-state index contributed by atoms with van der Waals surface area (Å²) in [4.78, 5) is 10.6. The number of halogens is 1. The van der Waals surface area contributed by atoms with Gasteiger partial charge in [-0.3, -0.25) is 9.48 Å². The van der Waals surface area contributed by atoms with E-state index < -0.39 is 11.9 Å². The largest absolute Gasteiger partial charge is 0.481 e. The minimum Gasteiger partial charge on any atom is -0.481 e. The number of aromatic nitrogens is 2. The van der Waals surface area contributed by atoms with E-state index in [1.165, 1.54) is 0 Å². The van der Waals surface area contributed by atoms with Crippen LogP contribution in [-0.4, -0.2) is 20.9 Å². The number of hydrogen-bond donors (Lipinski definition) is 1. The average Bonchev–Trinajstić information content (AvgIpc) is 2.36. The second kappa shape index (κ2) is 3.91. The third-order valence-electron chi connectivity index (χ3n) is 1.81. The monoisotopic (exact) mass is 246 g/mol. The molecule has 0 aliphatic heterocycles. The van der Waals surface area contributed by atoms with E-state index in [9.17, 15) is 4.79 Å². The van der Waals surface area contributed by atoms with Crippen LogP contribution in [-0.2, 0) is 11.3 Å². The lowest BCUT2D eigenvalue weighted by atomic mass is 10.2. The number of hydrogen-bond acceptors (Lipinski definition) is 2. The van der Waals surface area contributed by atoms with Crippen molar-refractivity contribution in [3.05, 3.63) is 16.4 Å². The molecule has 72 valence electrons. The number of aliphatic carboxylic acids is 1. The fourth-order valence-electron chi connectivity index (χ4n) is 0.929. The van der Waals surface area contributed by atoms with Gasteiger partial charge in [0.2, 0.25) is 0 Å². The van der Waals surface area contributed by atoms with Crippen LogP contribution >= 0.6 is 15.9 Å². The van der Waals surface area contributed by atoms with Crippen molar-refractivity contribution in [1.82, 2.24) is 9.78 Å². The van der Waals surface area contributed by atoms with Gasteiger partial charge in [0.15, 0.2) is 0 Å². The summed E-state index contributed by atoms with van der Waals surface area (Å²) in [5.41, 5.74) is 1.01. The molecule has 0 aliphatic carbocycles. The summed E-state index contributed by atoms with van der Waals surface area (Å²) < 4.78 is 2.49. The fourth-order valence-corrected chi connectivity index (χ4v) is 1.27. The minimum atomic E-state index is -0.806. The van der Waals surface area contributed by atoms with Crippen LogP contribution in [0.25, 0.3) is 0 Å². The molecule has 5 heteroatoms. The van der Waals surface area contributed by atoms with E-state index in [4.69, 9.17) is 5.11 Å². The van der Waals surface area contributed by atoms with Crippen molar-refractivity contribution >= 4 is 21.9 Å². The molecule has 0 saturated heterocycles. The third kappa shape index (κ3) is 2.30. The fraction of sp³-hybridized carbons (Fsp3) is 0.500. The molecule has 1 N–H and O–H groups in total. The zero-order chi connectivity index (χ0) is 10.0. The Labute approximate surface area is 84.7 Å². The summed E-state index contributed by atoms with van der Waals surface area (Å²) in [6, 6.07) is 0. The zero-order valence-corrected chi connectivity index (χ0v) is 9.08. The zero-order valence-electron chi connectivity index (χ0n) is 7.49. The number of carbonyl (C=O) groups is 1. The van der Waals surface area contributed by atoms with Crippen molar-refractivity contribution < 1.29 is 9.90 Å². The molecule has 0 saturated carbocycles. The molecule has 1 heterocycles. The molecule has 0 bridgehead atoms. The molecular formula is C8H11BrN2O2. The first kappa shape index (κ1) is 10.2. The predicted octanol–water partition coefficient (Wildman–Crippen LogP) is 1.67. The maximum absolute atomic E-state index is 10.6. The average molecular weight is 247 g/mol. The summed E-state index contributed by atoms with van der Waals surface area (Å²) in [7, 11) is 0. The van der Waals surface area contributed by atoms with Gasteiger partial charge in [-0.25, -0.2) is 0 Å². The number of carboxylic acids is 1. The van der Waals surface area contributed by atoms with Crippen LogP contribution in [0.3, 0.4) is 0 Å². The van der Waals surface area contributed by atoms with Crippen molar-refractivity contribution in [2.75, 3.05) is 0 Å². The molecule has 4 nitrogen and oxygen atoms in total. The molecule has 1 rings (SSSR count). The number of rotatable bonds is 3. The lowest BCUT2D eigenvalue weighted by Gasteiger charge is -2.07. The highest BCUT2D eigenvalue weighted by Crippen LogP contribution is 2.16. The molecule has 1 aromatic rings. The Hall–Kier alpha value is -0.840. The Morgan fingerprint density at radius 3 is 2.85 bits per heavy atom. The first-order chi connectivity index (χ1) is 6.02. The van der Waals surface area contributed by atoms with Gasteiger partial charge in [0, 0.05) is 5.56 Å². The highest BCUT2D eigenvalue weighted by molar-refractivity contribution is 9.10. The SMILES string of the molecule is Cc1cnn(CC(C)C(=O)O)c1Br. The molecular weight excluding hydrogens is 236 g/mol. The number of aryl methyl sites for hydroxylation is 1. The topological polar surface area (TPSA) is 55.1 Å². The van der Waals surface area contributed by atoms with Crippen molar-refractivity contribution in [3.8, 4) is 0 Å². The van der Waals surface area contributed by atoms with Gasteiger partial charge >= 0.3 is 5.97 Å². The van der Waals surface area contributed by atoms with E-state index in [0.717, 1.165) is 10.2 Å². The van der Waals surface area contributed by atoms with Crippen LogP contribution in [0.2, 0.25) is 0 Å². The summed E-state index contributed by atoms with van der Waals surface area (Å²) in [6.45, 7) is 3.97. The Morgan fingerprint density at radius 2 is 2.46 bits per heavy atom. The van der Waals surface area contributed by atoms with Crippen LogP contribution in [0.15, 0.2) is 10.8 Å².